The molecule has 1 atom stereocenters. The number of carboxylic acids is 1. The Labute approximate surface area is 129 Å². The number of amides is 2. The molecule has 6 heteroatoms. The summed E-state index contributed by atoms with van der Waals surface area (Å²) in [6.45, 7) is 2.37. The fraction of sp³-hybridized carbons (Fsp3) is 0.467. The van der Waals surface area contributed by atoms with Gasteiger partial charge in [-0.25, -0.2) is 4.79 Å². The summed E-state index contributed by atoms with van der Waals surface area (Å²) in [7, 11) is 1.71. The minimum absolute atomic E-state index is 0.127. The number of hydrogen-bond donors (Lipinski definition) is 2. The van der Waals surface area contributed by atoms with Gasteiger partial charge in [0.2, 0.25) is 0 Å². The minimum Gasteiger partial charge on any atom is -0.481 e. The summed E-state index contributed by atoms with van der Waals surface area (Å²) in [6.07, 6.45) is 1.33. The molecule has 0 radical (unpaired) electrons. The van der Waals surface area contributed by atoms with Gasteiger partial charge in [0.05, 0.1) is 6.04 Å². The molecule has 1 unspecified atom stereocenters. The molecule has 5 nitrogen and oxygen atoms in total. The van der Waals surface area contributed by atoms with Crippen molar-refractivity contribution in [1.82, 2.24) is 10.2 Å². The first kappa shape index (κ1) is 17.3. The Morgan fingerprint density at radius 2 is 2.00 bits per heavy atom. The molecule has 0 aromatic heterocycles. The van der Waals surface area contributed by atoms with Crippen LogP contribution < -0.4 is 5.32 Å². The van der Waals surface area contributed by atoms with Crippen molar-refractivity contribution in [3.05, 3.63) is 34.9 Å². The van der Waals surface area contributed by atoms with Gasteiger partial charge in [0.25, 0.3) is 0 Å². The summed E-state index contributed by atoms with van der Waals surface area (Å²) in [6, 6.07) is 7.08. The maximum absolute atomic E-state index is 12.0. The number of aliphatic carboxylic acids is 1. The quantitative estimate of drug-likeness (QED) is 0.759. The maximum Gasteiger partial charge on any atom is 0.317 e. The fourth-order valence-corrected chi connectivity index (χ4v) is 2.21. The molecule has 0 saturated heterocycles. The van der Waals surface area contributed by atoms with E-state index in [0.717, 1.165) is 5.56 Å². The molecule has 2 N–H and O–H groups in total. The SMILES string of the molecule is CC(c1ccccc1Cl)N(C)C(=O)NCCCCC(=O)O. The van der Waals surface area contributed by atoms with Crippen LogP contribution in [0.4, 0.5) is 4.79 Å². The van der Waals surface area contributed by atoms with Crippen LogP contribution in [0.2, 0.25) is 5.02 Å². The Morgan fingerprint density at radius 1 is 1.33 bits per heavy atom. The van der Waals surface area contributed by atoms with Crippen molar-refractivity contribution in [2.75, 3.05) is 13.6 Å². The largest absolute Gasteiger partial charge is 0.481 e. The van der Waals surface area contributed by atoms with Crippen LogP contribution in [0.15, 0.2) is 24.3 Å². The van der Waals surface area contributed by atoms with E-state index in [2.05, 4.69) is 5.32 Å². The number of carbonyl (C=O) groups excluding carboxylic acids is 1. The molecule has 0 aliphatic heterocycles. The zero-order valence-corrected chi connectivity index (χ0v) is 13.1. The minimum atomic E-state index is -0.814. The number of nitrogens with one attached hydrogen (secondary N) is 1. The number of urea groups is 1. The van der Waals surface area contributed by atoms with Crippen molar-refractivity contribution in [1.29, 1.82) is 0 Å². The molecule has 0 aliphatic rings. The van der Waals surface area contributed by atoms with Gasteiger partial charge in [0.1, 0.15) is 0 Å². The lowest BCUT2D eigenvalue weighted by Crippen LogP contribution is -2.39. The smallest absolute Gasteiger partial charge is 0.317 e. The van der Waals surface area contributed by atoms with Crippen LogP contribution in [0.25, 0.3) is 0 Å². The highest BCUT2D eigenvalue weighted by atomic mass is 35.5. The Morgan fingerprint density at radius 3 is 2.62 bits per heavy atom. The van der Waals surface area contributed by atoms with Crippen LogP contribution >= 0.6 is 11.6 Å². The number of benzene rings is 1. The van der Waals surface area contributed by atoms with Crippen LogP contribution in [-0.4, -0.2) is 35.6 Å². The van der Waals surface area contributed by atoms with Crippen LogP contribution in [0.5, 0.6) is 0 Å². The second-order valence-electron chi connectivity index (χ2n) is 4.89. The number of carbonyl (C=O) groups is 2. The Balaban J connectivity index is 2.43. The van der Waals surface area contributed by atoms with E-state index in [1.54, 1.807) is 18.0 Å². The van der Waals surface area contributed by atoms with E-state index in [9.17, 15) is 9.59 Å². The third kappa shape index (κ3) is 5.63. The molecule has 0 heterocycles. The van der Waals surface area contributed by atoms with E-state index in [4.69, 9.17) is 16.7 Å². The normalized spacial score (nSPS) is 11.8. The number of carboxylic acid groups (broad SMARTS) is 1. The van der Waals surface area contributed by atoms with Crippen LogP contribution in [0.1, 0.15) is 37.8 Å². The van der Waals surface area contributed by atoms with Crippen LogP contribution in [0, 0.1) is 0 Å². The first-order chi connectivity index (χ1) is 9.93. The number of halogens is 1. The third-order valence-corrected chi connectivity index (χ3v) is 3.69. The molecule has 0 saturated carbocycles. The first-order valence-electron chi connectivity index (χ1n) is 6.90. The maximum atomic E-state index is 12.0. The summed E-state index contributed by atoms with van der Waals surface area (Å²) >= 11 is 6.13. The van der Waals surface area contributed by atoms with Gasteiger partial charge in [-0.05, 0) is 31.4 Å². The fourth-order valence-electron chi connectivity index (χ4n) is 1.92. The molecule has 0 spiro atoms. The topological polar surface area (TPSA) is 69.6 Å². The number of hydrogen-bond acceptors (Lipinski definition) is 2. The predicted molar refractivity (Wildman–Crippen MR) is 82.5 cm³/mol. The lowest BCUT2D eigenvalue weighted by atomic mass is 10.1. The standard InChI is InChI=1S/C15H21ClN2O3/c1-11(12-7-3-4-8-13(12)16)18(2)15(21)17-10-6-5-9-14(19)20/h3-4,7-8,11H,5-6,9-10H2,1-2H3,(H,17,21)(H,19,20). The van der Waals surface area contributed by atoms with Gasteiger partial charge in [-0.15, -0.1) is 0 Å². The van der Waals surface area contributed by atoms with Gasteiger partial charge in [-0.2, -0.15) is 0 Å². The van der Waals surface area contributed by atoms with Crippen molar-refractivity contribution in [3.63, 3.8) is 0 Å². The van der Waals surface area contributed by atoms with Crippen LogP contribution in [-0.2, 0) is 4.79 Å². The molecular formula is C15H21ClN2O3. The molecule has 0 aliphatic carbocycles. The highest BCUT2D eigenvalue weighted by molar-refractivity contribution is 6.31. The first-order valence-corrected chi connectivity index (χ1v) is 7.28. The molecule has 2 amide bonds. The van der Waals surface area contributed by atoms with E-state index < -0.39 is 5.97 Å². The van der Waals surface area contributed by atoms with Crippen molar-refractivity contribution >= 4 is 23.6 Å². The molecule has 1 rings (SSSR count). The summed E-state index contributed by atoms with van der Waals surface area (Å²) in [4.78, 5) is 24.0. The third-order valence-electron chi connectivity index (χ3n) is 3.35. The van der Waals surface area contributed by atoms with E-state index in [1.807, 2.05) is 25.1 Å². The van der Waals surface area contributed by atoms with Gasteiger partial charge >= 0.3 is 12.0 Å². The second-order valence-corrected chi connectivity index (χ2v) is 5.30. The van der Waals surface area contributed by atoms with Gasteiger partial charge in [0, 0.05) is 25.0 Å². The van der Waals surface area contributed by atoms with Crippen molar-refractivity contribution in [2.24, 2.45) is 0 Å². The highest BCUT2D eigenvalue weighted by Gasteiger charge is 2.18. The Kier molecular flexibility index (Phi) is 7.02. The van der Waals surface area contributed by atoms with Gasteiger partial charge < -0.3 is 15.3 Å². The van der Waals surface area contributed by atoms with Gasteiger partial charge in [0.15, 0.2) is 0 Å². The van der Waals surface area contributed by atoms with E-state index >= 15 is 0 Å². The van der Waals surface area contributed by atoms with E-state index in [-0.39, 0.29) is 18.5 Å². The predicted octanol–water partition coefficient (Wildman–Crippen LogP) is 3.30. The summed E-state index contributed by atoms with van der Waals surface area (Å²) in [5, 5.41) is 11.9. The van der Waals surface area contributed by atoms with Crippen molar-refractivity contribution < 1.29 is 14.7 Å². The van der Waals surface area contributed by atoms with Crippen molar-refractivity contribution in [2.45, 2.75) is 32.2 Å². The zero-order chi connectivity index (χ0) is 15.8. The zero-order valence-electron chi connectivity index (χ0n) is 12.3. The van der Waals surface area contributed by atoms with Crippen molar-refractivity contribution in [3.8, 4) is 0 Å². The van der Waals surface area contributed by atoms with Gasteiger partial charge in [-0.1, -0.05) is 29.8 Å². The molecule has 1 aromatic carbocycles. The van der Waals surface area contributed by atoms with E-state index in [1.165, 1.54) is 0 Å². The molecule has 1 aromatic rings. The van der Waals surface area contributed by atoms with Crippen LogP contribution in [0.3, 0.4) is 0 Å². The highest BCUT2D eigenvalue weighted by Crippen LogP contribution is 2.25. The average molecular weight is 313 g/mol. The summed E-state index contributed by atoms with van der Waals surface area (Å²) in [5.41, 5.74) is 0.891. The van der Waals surface area contributed by atoms with Gasteiger partial charge in [-0.3, -0.25) is 4.79 Å². The molecule has 0 fully saturated rings. The Bertz CT molecular complexity index is 494. The molecule has 21 heavy (non-hydrogen) atoms. The Hall–Kier alpha value is -1.75. The average Bonchev–Trinajstić information content (AvgIpc) is 2.45. The molecule has 116 valence electrons. The van der Waals surface area contributed by atoms with E-state index in [0.29, 0.717) is 24.4 Å². The summed E-state index contributed by atoms with van der Waals surface area (Å²) < 4.78 is 0. The second kappa shape index (κ2) is 8.52. The number of rotatable bonds is 7. The lowest BCUT2D eigenvalue weighted by Gasteiger charge is -2.26. The number of nitrogens with zero attached hydrogens (tertiary/aromatic N) is 1. The molecule has 0 bridgehead atoms. The lowest BCUT2D eigenvalue weighted by molar-refractivity contribution is -0.137. The number of unbranched alkanes of at least 4 members (excludes halogenated alkanes) is 1. The monoisotopic (exact) mass is 312 g/mol. The summed E-state index contributed by atoms with van der Waals surface area (Å²) in [5.74, 6) is -0.814. The molecular weight excluding hydrogens is 292 g/mol.